The van der Waals surface area contributed by atoms with Crippen molar-refractivity contribution in [3.63, 3.8) is 0 Å². The van der Waals surface area contributed by atoms with Crippen LogP contribution in [0.4, 0.5) is 0 Å². The SMILES string of the molecule is CC(C)(O)c1cnnn1[C@H]1C[C@@H](C(=O)NC(CCCCNC(O)NC2CC2)C(=O)C(N)=O)N(C(=O)[C@@H](CC2CCCCC2)NC(=O)c2cnc3ccccc3c2)C1. The number of rotatable bonds is 19. The normalized spacial score (nSPS) is 20.5. The summed E-state index contributed by atoms with van der Waals surface area (Å²) in [7, 11) is 0. The van der Waals surface area contributed by atoms with Crippen molar-refractivity contribution in [3.05, 3.63) is 54.0 Å². The van der Waals surface area contributed by atoms with Crippen molar-refractivity contribution in [2.75, 3.05) is 13.1 Å². The number of ketones is 1. The van der Waals surface area contributed by atoms with Gasteiger partial charge in [0.25, 0.3) is 11.8 Å². The minimum atomic E-state index is -1.35. The number of hydrogen-bond donors (Lipinski definition) is 7. The highest BCUT2D eigenvalue weighted by Gasteiger charge is 2.45. The van der Waals surface area contributed by atoms with Gasteiger partial charge in [0.1, 0.15) is 17.7 Å². The molecule has 308 valence electrons. The molecule has 1 aromatic carbocycles. The molecule has 6 rings (SSSR count). The first-order valence-corrected chi connectivity index (χ1v) is 20.2. The predicted molar refractivity (Wildman–Crippen MR) is 209 cm³/mol. The molecular weight excluding hydrogens is 733 g/mol. The number of primary amides is 1. The van der Waals surface area contributed by atoms with Crippen LogP contribution < -0.4 is 27.0 Å². The van der Waals surface area contributed by atoms with Crippen molar-refractivity contribution >= 4 is 40.3 Å². The Morgan fingerprint density at radius 1 is 0.982 bits per heavy atom. The molecule has 3 heterocycles. The van der Waals surface area contributed by atoms with E-state index in [1.807, 2.05) is 24.3 Å². The molecule has 2 unspecified atom stereocenters. The van der Waals surface area contributed by atoms with E-state index in [-0.39, 0.29) is 30.9 Å². The summed E-state index contributed by atoms with van der Waals surface area (Å²) in [5.41, 5.74) is 5.47. The Labute approximate surface area is 331 Å². The number of unbranched alkanes of at least 4 members (excludes halogenated alkanes) is 1. The average Bonchev–Trinajstić information content (AvgIpc) is 3.65. The molecule has 3 fully saturated rings. The predicted octanol–water partition coefficient (Wildman–Crippen LogP) is 1.29. The number of aliphatic hydroxyl groups excluding tert-OH is 1. The van der Waals surface area contributed by atoms with Gasteiger partial charge in [0, 0.05) is 30.6 Å². The van der Waals surface area contributed by atoms with Gasteiger partial charge in [-0.3, -0.25) is 39.6 Å². The molecule has 17 nitrogen and oxygen atoms in total. The van der Waals surface area contributed by atoms with Gasteiger partial charge >= 0.3 is 0 Å². The fourth-order valence-corrected chi connectivity index (χ4v) is 8.00. The van der Waals surface area contributed by atoms with Gasteiger partial charge in [-0.15, -0.1) is 5.10 Å². The Morgan fingerprint density at radius 3 is 2.46 bits per heavy atom. The van der Waals surface area contributed by atoms with Gasteiger partial charge in [-0.1, -0.05) is 55.5 Å². The lowest BCUT2D eigenvalue weighted by molar-refractivity contribution is -0.142. The van der Waals surface area contributed by atoms with Crippen molar-refractivity contribution in [2.45, 2.75) is 133 Å². The fourth-order valence-electron chi connectivity index (χ4n) is 8.00. The molecule has 2 aliphatic carbocycles. The molecule has 1 saturated heterocycles. The summed E-state index contributed by atoms with van der Waals surface area (Å²) in [4.78, 5) is 74.0. The molecule has 0 bridgehead atoms. The largest absolute Gasteiger partial charge is 0.384 e. The number of carbonyl (C=O) groups is 5. The monoisotopic (exact) mass is 788 g/mol. The number of pyridine rings is 1. The lowest BCUT2D eigenvalue weighted by atomic mass is 9.84. The number of nitrogens with one attached hydrogen (secondary N) is 4. The molecule has 1 aliphatic heterocycles. The number of aromatic nitrogens is 4. The first-order chi connectivity index (χ1) is 27.3. The number of fused-ring (bicyclic) bond motifs is 1. The number of nitrogens with zero attached hydrogens (tertiary/aromatic N) is 5. The number of hydrogen-bond acceptors (Lipinski definition) is 12. The summed E-state index contributed by atoms with van der Waals surface area (Å²) in [6.07, 6.45) is 10.5. The maximum absolute atomic E-state index is 14.9. The van der Waals surface area contributed by atoms with Gasteiger partial charge in [0.05, 0.1) is 35.1 Å². The molecule has 2 saturated carbocycles. The zero-order valence-electron chi connectivity index (χ0n) is 32.7. The van der Waals surface area contributed by atoms with Gasteiger partial charge < -0.3 is 31.5 Å². The van der Waals surface area contributed by atoms with Crippen molar-refractivity contribution in [1.29, 1.82) is 0 Å². The van der Waals surface area contributed by atoms with E-state index >= 15 is 0 Å². The van der Waals surface area contributed by atoms with Crippen molar-refractivity contribution in [1.82, 2.24) is 46.1 Å². The van der Waals surface area contributed by atoms with E-state index in [2.05, 4.69) is 36.6 Å². The van der Waals surface area contributed by atoms with Crippen molar-refractivity contribution in [2.24, 2.45) is 11.7 Å². The highest BCUT2D eigenvalue weighted by Crippen LogP contribution is 2.34. The van der Waals surface area contributed by atoms with Crippen LogP contribution in [-0.4, -0.2) is 108 Å². The molecule has 0 radical (unpaired) electrons. The summed E-state index contributed by atoms with van der Waals surface area (Å²) in [5, 5.41) is 41.7. The summed E-state index contributed by atoms with van der Waals surface area (Å²) in [6.45, 7) is 3.59. The number of aliphatic hydroxyl groups is 2. The van der Waals surface area contributed by atoms with Crippen LogP contribution in [-0.2, 0) is 24.8 Å². The molecule has 0 spiro atoms. The van der Waals surface area contributed by atoms with E-state index in [9.17, 15) is 34.2 Å². The van der Waals surface area contributed by atoms with Crippen LogP contribution >= 0.6 is 0 Å². The summed E-state index contributed by atoms with van der Waals surface area (Å²) in [6, 6.07) is 5.46. The second-order valence-electron chi connectivity index (χ2n) is 16.3. The minimum Gasteiger partial charge on any atom is -0.384 e. The van der Waals surface area contributed by atoms with E-state index in [0.717, 1.165) is 55.8 Å². The third-order valence-electron chi connectivity index (χ3n) is 11.3. The third kappa shape index (κ3) is 11.0. The Balaban J connectivity index is 1.23. The molecule has 2 aromatic heterocycles. The zero-order valence-corrected chi connectivity index (χ0v) is 32.7. The smallest absolute Gasteiger partial charge is 0.287 e. The summed E-state index contributed by atoms with van der Waals surface area (Å²) in [5.74, 6) is -3.61. The highest BCUT2D eigenvalue weighted by atomic mass is 16.3. The van der Waals surface area contributed by atoms with Crippen LogP contribution in [0.2, 0.25) is 0 Å². The quantitative estimate of drug-likeness (QED) is 0.0516. The van der Waals surface area contributed by atoms with Gasteiger partial charge in [0.15, 0.2) is 6.35 Å². The van der Waals surface area contributed by atoms with Crippen LogP contribution in [0.15, 0.2) is 42.7 Å². The number of Topliss-reactive ketones (excluding diaryl/α,β-unsaturated/α-hetero) is 1. The molecule has 17 heteroatoms. The Kier molecular flexibility index (Phi) is 13.6. The second kappa shape index (κ2) is 18.6. The first kappa shape index (κ1) is 41.8. The fraction of sp³-hybridized carbons (Fsp3) is 0.600. The van der Waals surface area contributed by atoms with Gasteiger partial charge in [-0.05, 0) is 77.0 Å². The highest BCUT2D eigenvalue weighted by molar-refractivity contribution is 6.37. The number of likely N-dealkylation sites (tertiary alicyclic amines) is 1. The van der Waals surface area contributed by atoms with E-state index in [0.29, 0.717) is 37.5 Å². The van der Waals surface area contributed by atoms with Crippen LogP contribution in [0.1, 0.15) is 113 Å². The number of benzene rings is 1. The minimum absolute atomic E-state index is 0.00471. The van der Waals surface area contributed by atoms with Crippen molar-refractivity contribution in [3.8, 4) is 0 Å². The van der Waals surface area contributed by atoms with Crippen LogP contribution in [0, 0.1) is 5.92 Å². The standard InChI is InChI=1S/C40H56N10O7/c1-40(2,57)33-22-44-48-50(33)28-20-32(37(54)46-30(34(51)35(41)52)14-8-9-17-42-39(56)45-27-15-16-27)49(23-28)38(55)31(18-24-10-4-3-5-11-24)47-36(53)26-19-25-12-6-7-13-29(25)43-21-26/h6-7,12-13,19,21-22,24,27-28,30-32,39,42,45,56-57H,3-5,8-11,14-18,20,23H2,1-2H3,(H2,41,52)(H,46,54)(H,47,53)/t28-,30?,31+,32-,39?/m0/s1. The summed E-state index contributed by atoms with van der Waals surface area (Å²) >= 11 is 0. The Hall–Kier alpha value is -4.84. The molecular formula is C40H56N10O7. The Morgan fingerprint density at radius 2 is 1.74 bits per heavy atom. The maximum Gasteiger partial charge on any atom is 0.287 e. The third-order valence-corrected chi connectivity index (χ3v) is 11.3. The zero-order chi connectivity index (χ0) is 40.7. The lowest BCUT2D eigenvalue weighted by Crippen LogP contribution is -2.56. The van der Waals surface area contributed by atoms with Gasteiger partial charge in [-0.25, -0.2) is 4.68 Å². The van der Waals surface area contributed by atoms with E-state index in [4.69, 9.17) is 5.73 Å². The molecule has 3 aliphatic rings. The molecule has 5 atom stereocenters. The van der Waals surface area contributed by atoms with Crippen LogP contribution in [0.25, 0.3) is 10.9 Å². The molecule has 4 amide bonds. The molecule has 3 aromatic rings. The second-order valence-corrected chi connectivity index (χ2v) is 16.3. The topological polar surface area (TPSA) is 247 Å². The number of nitrogens with two attached hydrogens (primary N) is 1. The number of para-hydroxylation sites is 1. The lowest BCUT2D eigenvalue weighted by Gasteiger charge is -2.32. The van der Waals surface area contributed by atoms with Gasteiger partial charge in [-0.2, -0.15) is 0 Å². The Bertz CT molecular complexity index is 1900. The van der Waals surface area contributed by atoms with E-state index < -0.39 is 65.5 Å². The van der Waals surface area contributed by atoms with Crippen molar-refractivity contribution < 1.29 is 34.2 Å². The van der Waals surface area contributed by atoms with Crippen LogP contribution in [0.3, 0.4) is 0 Å². The van der Waals surface area contributed by atoms with Crippen LogP contribution in [0.5, 0.6) is 0 Å². The molecule has 8 N–H and O–H groups in total. The number of amides is 4. The average molecular weight is 789 g/mol. The first-order valence-electron chi connectivity index (χ1n) is 20.2. The van der Waals surface area contributed by atoms with Gasteiger partial charge in [0.2, 0.25) is 17.6 Å². The van der Waals surface area contributed by atoms with E-state index in [1.165, 1.54) is 22.0 Å². The molecule has 57 heavy (non-hydrogen) atoms. The maximum atomic E-state index is 14.9. The summed E-state index contributed by atoms with van der Waals surface area (Å²) < 4.78 is 1.51. The van der Waals surface area contributed by atoms with E-state index in [1.54, 1.807) is 19.9 Å². The number of carbonyl (C=O) groups excluding carboxylic acids is 5.